The summed E-state index contributed by atoms with van der Waals surface area (Å²) in [5.74, 6) is 0.406. The topological polar surface area (TPSA) is 65.5 Å². The van der Waals surface area contributed by atoms with Crippen LogP contribution in [0.1, 0.15) is 26.3 Å². The second kappa shape index (κ2) is 11.2. The first-order valence-corrected chi connectivity index (χ1v) is 7.88. The van der Waals surface area contributed by atoms with Crippen LogP contribution in [0.2, 0.25) is 0 Å². The molecule has 0 aliphatic rings. The second-order valence-electron chi connectivity index (χ2n) is 5.96. The van der Waals surface area contributed by atoms with Crippen molar-refractivity contribution in [2.45, 2.75) is 27.2 Å². The van der Waals surface area contributed by atoms with Crippen molar-refractivity contribution >= 4 is 35.8 Å². The monoisotopic (exact) mass is 450 g/mol. The Morgan fingerprint density at radius 2 is 1.83 bits per heavy atom. The van der Waals surface area contributed by atoms with Crippen molar-refractivity contribution in [3.8, 4) is 0 Å². The summed E-state index contributed by atoms with van der Waals surface area (Å²) in [4.78, 5) is 16.3. The fourth-order valence-corrected chi connectivity index (χ4v) is 2.00. The van der Waals surface area contributed by atoms with Crippen molar-refractivity contribution in [3.63, 3.8) is 0 Å². The number of hydrogen-bond donors (Lipinski definition) is 3. The molecular formula is C17H28FIN4O. The van der Waals surface area contributed by atoms with Crippen molar-refractivity contribution in [1.82, 2.24) is 16.0 Å². The molecule has 0 spiro atoms. The van der Waals surface area contributed by atoms with Crippen molar-refractivity contribution < 1.29 is 9.18 Å². The van der Waals surface area contributed by atoms with Crippen molar-refractivity contribution in [1.29, 1.82) is 0 Å². The number of carbonyl (C=O) groups excluding carboxylic acids is 1. The molecule has 7 heteroatoms. The van der Waals surface area contributed by atoms with Gasteiger partial charge in [-0.1, -0.05) is 12.1 Å². The van der Waals surface area contributed by atoms with Crippen LogP contribution >= 0.6 is 24.0 Å². The number of halogens is 2. The molecule has 1 amide bonds. The average molecular weight is 450 g/mol. The van der Waals surface area contributed by atoms with E-state index in [2.05, 4.69) is 20.9 Å². The van der Waals surface area contributed by atoms with Crippen molar-refractivity contribution in [2.75, 3.05) is 26.7 Å². The van der Waals surface area contributed by atoms with Gasteiger partial charge < -0.3 is 16.0 Å². The number of aliphatic imine (C=N–C) groups is 1. The Balaban J connectivity index is 0.00000529. The number of benzene rings is 1. The zero-order chi connectivity index (χ0) is 17.3. The molecular weight excluding hydrogens is 422 g/mol. The van der Waals surface area contributed by atoms with Gasteiger partial charge in [0.2, 0.25) is 5.91 Å². The van der Waals surface area contributed by atoms with E-state index in [1.807, 2.05) is 20.8 Å². The molecule has 0 radical (unpaired) electrons. The number of carbonyl (C=O) groups is 1. The van der Waals surface area contributed by atoms with E-state index < -0.39 is 5.41 Å². The molecule has 3 N–H and O–H groups in total. The maximum Gasteiger partial charge on any atom is 0.227 e. The van der Waals surface area contributed by atoms with Crippen molar-refractivity contribution in [2.24, 2.45) is 10.4 Å². The predicted molar refractivity (Wildman–Crippen MR) is 107 cm³/mol. The highest BCUT2D eigenvalue weighted by Gasteiger charge is 2.26. The normalized spacial score (nSPS) is 11.5. The summed E-state index contributed by atoms with van der Waals surface area (Å²) >= 11 is 0. The number of guanidine groups is 1. The van der Waals surface area contributed by atoms with E-state index in [1.54, 1.807) is 19.2 Å². The molecule has 24 heavy (non-hydrogen) atoms. The van der Waals surface area contributed by atoms with Gasteiger partial charge in [-0.25, -0.2) is 4.39 Å². The zero-order valence-electron chi connectivity index (χ0n) is 14.8. The summed E-state index contributed by atoms with van der Waals surface area (Å²) in [7, 11) is 1.62. The summed E-state index contributed by atoms with van der Waals surface area (Å²) in [6.45, 7) is 7.51. The Labute approximate surface area is 160 Å². The number of rotatable bonds is 7. The molecule has 1 aromatic rings. The molecule has 1 aromatic carbocycles. The third kappa shape index (κ3) is 7.94. The minimum Gasteiger partial charge on any atom is -0.359 e. The number of nitrogens with zero attached hydrogens (tertiary/aromatic N) is 1. The lowest BCUT2D eigenvalue weighted by Crippen LogP contribution is -2.41. The lowest BCUT2D eigenvalue weighted by Gasteiger charge is -2.21. The van der Waals surface area contributed by atoms with Gasteiger partial charge in [-0.3, -0.25) is 9.79 Å². The third-order valence-electron chi connectivity index (χ3n) is 3.44. The van der Waals surface area contributed by atoms with E-state index >= 15 is 0 Å². The first-order valence-electron chi connectivity index (χ1n) is 7.88. The fraction of sp³-hybridized carbons (Fsp3) is 0.529. The maximum atomic E-state index is 12.9. The van der Waals surface area contributed by atoms with Gasteiger partial charge in [0.15, 0.2) is 5.96 Å². The Kier molecular flexibility index (Phi) is 10.6. The summed E-state index contributed by atoms with van der Waals surface area (Å²) in [6, 6.07) is 6.46. The Morgan fingerprint density at radius 3 is 2.38 bits per heavy atom. The quantitative estimate of drug-likeness (QED) is 0.340. The minimum atomic E-state index is -0.561. The highest BCUT2D eigenvalue weighted by atomic mass is 127. The first-order chi connectivity index (χ1) is 10.9. The summed E-state index contributed by atoms with van der Waals surface area (Å²) in [5.41, 5.74) is 0.495. The number of hydrogen-bond acceptors (Lipinski definition) is 2. The molecule has 0 saturated heterocycles. The van der Waals surface area contributed by atoms with Gasteiger partial charge in [0.05, 0.1) is 12.0 Å². The van der Waals surface area contributed by atoms with E-state index in [9.17, 15) is 9.18 Å². The highest BCUT2D eigenvalue weighted by molar-refractivity contribution is 14.0. The SMILES string of the molecule is CCNC(=NCC(C)(C)C(=O)NC)NCCc1ccc(F)cc1.I. The van der Waals surface area contributed by atoms with Crippen LogP contribution in [0.25, 0.3) is 0 Å². The largest absolute Gasteiger partial charge is 0.359 e. The van der Waals surface area contributed by atoms with Crippen LogP contribution in [-0.4, -0.2) is 38.5 Å². The molecule has 0 heterocycles. The van der Waals surface area contributed by atoms with Crippen LogP contribution in [0, 0.1) is 11.2 Å². The maximum absolute atomic E-state index is 12.9. The Morgan fingerprint density at radius 1 is 1.21 bits per heavy atom. The molecule has 0 saturated carbocycles. The molecule has 0 atom stereocenters. The van der Waals surface area contributed by atoms with E-state index in [4.69, 9.17) is 0 Å². The molecule has 0 aliphatic heterocycles. The van der Waals surface area contributed by atoms with Crippen LogP contribution in [0.4, 0.5) is 4.39 Å². The van der Waals surface area contributed by atoms with Crippen LogP contribution in [-0.2, 0) is 11.2 Å². The second-order valence-corrected chi connectivity index (χ2v) is 5.96. The van der Waals surface area contributed by atoms with Crippen LogP contribution in [0.3, 0.4) is 0 Å². The van der Waals surface area contributed by atoms with Gasteiger partial charge in [0.25, 0.3) is 0 Å². The van der Waals surface area contributed by atoms with E-state index in [1.165, 1.54) is 12.1 Å². The Hall–Kier alpha value is -1.38. The molecule has 0 fully saturated rings. The summed E-state index contributed by atoms with van der Waals surface area (Å²) in [5, 5.41) is 9.03. The molecule has 0 aromatic heterocycles. The number of amides is 1. The smallest absolute Gasteiger partial charge is 0.227 e. The molecule has 0 aliphatic carbocycles. The molecule has 1 rings (SSSR count). The third-order valence-corrected chi connectivity index (χ3v) is 3.44. The summed E-state index contributed by atoms with van der Waals surface area (Å²) in [6.07, 6.45) is 0.767. The molecule has 136 valence electrons. The fourth-order valence-electron chi connectivity index (χ4n) is 2.00. The average Bonchev–Trinajstić information content (AvgIpc) is 2.53. The Bertz CT molecular complexity index is 532. The van der Waals surface area contributed by atoms with E-state index in [0.717, 1.165) is 18.5 Å². The van der Waals surface area contributed by atoms with Crippen molar-refractivity contribution in [3.05, 3.63) is 35.6 Å². The predicted octanol–water partition coefficient (Wildman–Crippen LogP) is 2.31. The van der Waals surface area contributed by atoms with Gasteiger partial charge in [0, 0.05) is 20.1 Å². The summed E-state index contributed by atoms with van der Waals surface area (Å²) < 4.78 is 12.9. The lowest BCUT2D eigenvalue weighted by atomic mass is 9.93. The van der Waals surface area contributed by atoms with Crippen LogP contribution in [0.15, 0.2) is 29.3 Å². The van der Waals surface area contributed by atoms with Gasteiger partial charge in [-0.15, -0.1) is 24.0 Å². The standard InChI is InChI=1S/C17H27FN4O.HI/c1-5-20-16(22-12-17(2,3)15(23)19-4)21-11-10-13-6-8-14(18)9-7-13;/h6-9H,5,10-12H2,1-4H3,(H,19,23)(H2,20,21,22);1H. The van der Waals surface area contributed by atoms with Crippen LogP contribution in [0.5, 0.6) is 0 Å². The number of nitrogens with one attached hydrogen (secondary N) is 3. The van der Waals surface area contributed by atoms with E-state index in [0.29, 0.717) is 19.0 Å². The zero-order valence-corrected chi connectivity index (χ0v) is 17.1. The van der Waals surface area contributed by atoms with E-state index in [-0.39, 0.29) is 35.7 Å². The molecule has 0 bridgehead atoms. The highest BCUT2D eigenvalue weighted by Crippen LogP contribution is 2.15. The van der Waals surface area contributed by atoms with Gasteiger partial charge in [-0.05, 0) is 44.9 Å². The molecule has 0 unspecified atom stereocenters. The lowest BCUT2D eigenvalue weighted by molar-refractivity contribution is -0.128. The van der Waals surface area contributed by atoms with Gasteiger partial charge >= 0.3 is 0 Å². The molecule has 5 nitrogen and oxygen atoms in total. The minimum absolute atomic E-state index is 0. The van der Waals surface area contributed by atoms with Gasteiger partial charge in [-0.2, -0.15) is 0 Å². The van der Waals surface area contributed by atoms with Gasteiger partial charge in [0.1, 0.15) is 5.82 Å². The first kappa shape index (κ1) is 22.6. The van der Waals surface area contributed by atoms with Crippen LogP contribution < -0.4 is 16.0 Å².